The first kappa shape index (κ1) is 16.9. The van der Waals surface area contributed by atoms with Crippen LogP contribution in [-0.2, 0) is 11.3 Å². The van der Waals surface area contributed by atoms with Crippen LogP contribution in [0.2, 0.25) is 5.02 Å². The average molecular weight is 271 g/mol. The first-order chi connectivity index (χ1) is 8.74. The first-order valence-electron chi connectivity index (χ1n) is 6.38. The molecule has 1 aromatic carbocycles. The summed E-state index contributed by atoms with van der Waals surface area (Å²) in [5.41, 5.74) is 1.15. The van der Waals surface area contributed by atoms with E-state index in [0.717, 1.165) is 36.5 Å². The van der Waals surface area contributed by atoms with Gasteiger partial charge < -0.3 is 10.6 Å². The Labute approximate surface area is 115 Å². The molecule has 0 atom stereocenters. The monoisotopic (exact) mass is 270 g/mol. The van der Waals surface area contributed by atoms with E-state index < -0.39 is 0 Å². The minimum atomic E-state index is 0.204. The third-order valence-electron chi connectivity index (χ3n) is 2.23. The van der Waals surface area contributed by atoms with Crippen molar-refractivity contribution >= 4 is 17.5 Å². The van der Waals surface area contributed by atoms with Crippen molar-refractivity contribution in [3.8, 4) is 0 Å². The lowest BCUT2D eigenvalue weighted by Crippen LogP contribution is -2.12. The number of nitrogens with one attached hydrogen (secondary N) is 2. The van der Waals surface area contributed by atoms with Crippen LogP contribution in [0.1, 0.15) is 32.3 Å². The van der Waals surface area contributed by atoms with Gasteiger partial charge in [0.05, 0.1) is 0 Å². The van der Waals surface area contributed by atoms with Gasteiger partial charge in [0, 0.05) is 24.5 Å². The topological polar surface area (TPSA) is 41.1 Å². The minimum Gasteiger partial charge on any atom is -0.356 e. The van der Waals surface area contributed by atoms with Crippen LogP contribution < -0.4 is 10.6 Å². The largest absolute Gasteiger partial charge is 0.356 e. The van der Waals surface area contributed by atoms with Gasteiger partial charge in [0.25, 0.3) is 0 Å². The lowest BCUT2D eigenvalue weighted by atomic mass is 10.2. The number of benzene rings is 1. The van der Waals surface area contributed by atoms with Crippen molar-refractivity contribution in [2.45, 2.75) is 33.2 Å². The van der Waals surface area contributed by atoms with E-state index in [0.29, 0.717) is 0 Å². The van der Waals surface area contributed by atoms with Crippen LogP contribution >= 0.6 is 11.6 Å². The Balaban J connectivity index is 0.000000308. The van der Waals surface area contributed by atoms with Crippen molar-refractivity contribution in [2.75, 3.05) is 13.6 Å². The summed E-state index contributed by atoms with van der Waals surface area (Å²) >= 11 is 5.86. The second kappa shape index (κ2) is 11.1. The molecule has 4 heteroatoms. The van der Waals surface area contributed by atoms with Gasteiger partial charge in [-0.1, -0.05) is 43.6 Å². The van der Waals surface area contributed by atoms with E-state index in [4.69, 9.17) is 11.6 Å². The molecule has 1 aliphatic heterocycles. The van der Waals surface area contributed by atoms with E-state index >= 15 is 0 Å². The molecule has 2 rings (SSSR count). The molecule has 2 N–H and O–H groups in total. The van der Waals surface area contributed by atoms with Crippen molar-refractivity contribution in [3.63, 3.8) is 0 Å². The summed E-state index contributed by atoms with van der Waals surface area (Å²) in [6, 6.07) is 7.83. The number of rotatable bonds is 2. The maximum Gasteiger partial charge on any atom is 0.220 e. The van der Waals surface area contributed by atoms with E-state index in [1.807, 2.05) is 45.2 Å². The van der Waals surface area contributed by atoms with Gasteiger partial charge in [-0.3, -0.25) is 4.79 Å². The quantitative estimate of drug-likeness (QED) is 0.867. The molecule has 0 unspecified atom stereocenters. The van der Waals surface area contributed by atoms with Crippen LogP contribution in [0.4, 0.5) is 0 Å². The Bertz CT molecular complexity index is 334. The average Bonchev–Trinajstić information content (AvgIpc) is 2.87. The molecule has 1 heterocycles. The first-order valence-corrected chi connectivity index (χ1v) is 6.76. The second-order valence-electron chi connectivity index (χ2n) is 3.58. The third-order valence-corrected chi connectivity index (χ3v) is 2.60. The number of hydrogen-bond donors (Lipinski definition) is 2. The number of carbonyl (C=O) groups is 1. The Hall–Kier alpha value is -1.06. The summed E-state index contributed by atoms with van der Waals surface area (Å²) in [5, 5.41) is 6.55. The highest BCUT2D eigenvalue weighted by molar-refractivity contribution is 6.31. The second-order valence-corrected chi connectivity index (χ2v) is 3.98. The zero-order chi connectivity index (χ0) is 13.8. The zero-order valence-electron chi connectivity index (χ0n) is 11.4. The van der Waals surface area contributed by atoms with E-state index in [9.17, 15) is 4.79 Å². The summed E-state index contributed by atoms with van der Waals surface area (Å²) in [6.07, 6.45) is 1.76. The molecule has 1 fully saturated rings. The smallest absolute Gasteiger partial charge is 0.220 e. The number of carbonyl (C=O) groups excluding carboxylic acids is 1. The summed E-state index contributed by atoms with van der Waals surface area (Å²) < 4.78 is 0. The summed E-state index contributed by atoms with van der Waals surface area (Å²) in [5.74, 6) is 0.204. The lowest BCUT2D eigenvalue weighted by Gasteiger charge is -2.00. The summed E-state index contributed by atoms with van der Waals surface area (Å²) in [4.78, 5) is 10.1. The van der Waals surface area contributed by atoms with Gasteiger partial charge in [0.2, 0.25) is 5.91 Å². The van der Waals surface area contributed by atoms with Crippen molar-refractivity contribution in [1.82, 2.24) is 10.6 Å². The molecular formula is C14H23ClN2O. The molecule has 18 heavy (non-hydrogen) atoms. The van der Waals surface area contributed by atoms with Gasteiger partial charge >= 0.3 is 0 Å². The highest BCUT2D eigenvalue weighted by atomic mass is 35.5. The van der Waals surface area contributed by atoms with Crippen LogP contribution in [0.25, 0.3) is 0 Å². The van der Waals surface area contributed by atoms with Crippen LogP contribution in [0.3, 0.4) is 0 Å². The molecule has 102 valence electrons. The molecule has 1 amide bonds. The Kier molecular flexibility index (Phi) is 10.4. The number of amides is 1. The maximum absolute atomic E-state index is 10.1. The fourth-order valence-electron chi connectivity index (χ4n) is 1.40. The van der Waals surface area contributed by atoms with Gasteiger partial charge in [-0.05, 0) is 25.1 Å². The SMILES string of the molecule is CC.CNCc1ccccc1Cl.O=C1CCCN1. The van der Waals surface area contributed by atoms with Crippen LogP contribution in [0, 0.1) is 0 Å². The van der Waals surface area contributed by atoms with E-state index in [-0.39, 0.29) is 5.91 Å². The summed E-state index contributed by atoms with van der Waals surface area (Å²) in [6.45, 7) is 5.72. The molecule has 1 aromatic rings. The van der Waals surface area contributed by atoms with E-state index in [1.165, 1.54) is 0 Å². The lowest BCUT2D eigenvalue weighted by molar-refractivity contribution is -0.119. The van der Waals surface area contributed by atoms with Gasteiger partial charge in [0.15, 0.2) is 0 Å². The number of hydrogen-bond acceptors (Lipinski definition) is 2. The van der Waals surface area contributed by atoms with Crippen LogP contribution in [0.5, 0.6) is 0 Å². The normalized spacial score (nSPS) is 12.8. The maximum atomic E-state index is 10.1. The van der Waals surface area contributed by atoms with Crippen molar-refractivity contribution in [3.05, 3.63) is 34.9 Å². The highest BCUT2D eigenvalue weighted by Gasteiger charge is 2.05. The van der Waals surface area contributed by atoms with Crippen molar-refractivity contribution in [1.29, 1.82) is 0 Å². The molecule has 0 aromatic heterocycles. The predicted octanol–water partition coefficient (Wildman–Crippen LogP) is 2.98. The Morgan fingerprint density at radius 3 is 2.39 bits per heavy atom. The van der Waals surface area contributed by atoms with Crippen LogP contribution in [-0.4, -0.2) is 19.5 Å². The molecular weight excluding hydrogens is 248 g/mol. The molecule has 0 radical (unpaired) electrons. The van der Waals surface area contributed by atoms with Crippen LogP contribution in [0.15, 0.2) is 24.3 Å². The fraction of sp³-hybridized carbons (Fsp3) is 0.500. The van der Waals surface area contributed by atoms with Gasteiger partial charge in [-0.25, -0.2) is 0 Å². The third kappa shape index (κ3) is 7.30. The fourth-order valence-corrected chi connectivity index (χ4v) is 1.60. The van der Waals surface area contributed by atoms with Crippen molar-refractivity contribution in [2.24, 2.45) is 0 Å². The standard InChI is InChI=1S/C8H10ClN.C4H7NO.C2H6/c1-10-6-7-4-2-3-5-8(7)9;6-4-2-1-3-5-4;1-2/h2-5,10H,6H2,1H3;1-3H2,(H,5,6);1-2H3. The molecule has 0 saturated carbocycles. The zero-order valence-corrected chi connectivity index (χ0v) is 12.2. The molecule has 1 aliphatic rings. The molecule has 1 saturated heterocycles. The van der Waals surface area contributed by atoms with Crippen molar-refractivity contribution < 1.29 is 4.79 Å². The van der Waals surface area contributed by atoms with Gasteiger partial charge in [-0.2, -0.15) is 0 Å². The van der Waals surface area contributed by atoms with Gasteiger partial charge in [-0.15, -0.1) is 0 Å². The van der Waals surface area contributed by atoms with E-state index in [1.54, 1.807) is 0 Å². The van der Waals surface area contributed by atoms with E-state index in [2.05, 4.69) is 10.6 Å². The predicted molar refractivity (Wildman–Crippen MR) is 77.8 cm³/mol. The molecule has 0 spiro atoms. The molecule has 0 aliphatic carbocycles. The number of halogens is 1. The summed E-state index contributed by atoms with van der Waals surface area (Å²) in [7, 11) is 1.91. The Morgan fingerprint density at radius 1 is 1.33 bits per heavy atom. The Morgan fingerprint density at radius 2 is 2.00 bits per heavy atom. The highest BCUT2D eigenvalue weighted by Crippen LogP contribution is 2.13. The van der Waals surface area contributed by atoms with Gasteiger partial charge in [0.1, 0.15) is 0 Å². The minimum absolute atomic E-state index is 0.204. The molecule has 3 nitrogen and oxygen atoms in total. The molecule has 0 bridgehead atoms.